The van der Waals surface area contributed by atoms with Gasteiger partial charge in [0.25, 0.3) is 5.56 Å². The van der Waals surface area contributed by atoms with Crippen molar-refractivity contribution in [2.45, 2.75) is 0 Å². The molecule has 3 aromatic rings. The third kappa shape index (κ3) is 2.68. The van der Waals surface area contributed by atoms with Gasteiger partial charge in [-0.1, -0.05) is 24.3 Å². The summed E-state index contributed by atoms with van der Waals surface area (Å²) in [5, 5.41) is 0.587. The Balaban J connectivity index is 1.67. The van der Waals surface area contributed by atoms with Gasteiger partial charge >= 0.3 is 0 Å². The molecule has 0 aliphatic carbocycles. The predicted octanol–water partition coefficient (Wildman–Crippen LogP) is 2.86. The van der Waals surface area contributed by atoms with Gasteiger partial charge in [0, 0.05) is 0 Å². The largest absolute Gasteiger partial charge is 0.486 e. The number of H-pyrrole nitrogens is 1. The summed E-state index contributed by atoms with van der Waals surface area (Å²) in [6.45, 7) is 1.13. The quantitative estimate of drug-likeness (QED) is 0.790. The van der Waals surface area contributed by atoms with E-state index in [-0.39, 0.29) is 5.56 Å². The molecule has 2 aromatic carbocycles. The molecule has 0 atom stereocenters. The molecule has 4 rings (SSSR count). The Morgan fingerprint density at radius 1 is 1.00 bits per heavy atom. The molecule has 0 amide bonds. The zero-order chi connectivity index (χ0) is 15.6. The lowest BCUT2D eigenvalue weighted by atomic mass is 10.1. The highest BCUT2D eigenvalue weighted by molar-refractivity contribution is 5.79. The summed E-state index contributed by atoms with van der Waals surface area (Å²) in [6.07, 6.45) is 3.66. The van der Waals surface area contributed by atoms with E-state index in [9.17, 15) is 4.79 Å². The average molecular weight is 306 g/mol. The van der Waals surface area contributed by atoms with Gasteiger partial charge in [0.1, 0.15) is 19.0 Å². The van der Waals surface area contributed by atoms with Gasteiger partial charge in [-0.3, -0.25) is 4.79 Å². The zero-order valence-corrected chi connectivity index (χ0v) is 12.3. The van der Waals surface area contributed by atoms with E-state index >= 15 is 0 Å². The molecule has 0 saturated carbocycles. The summed E-state index contributed by atoms with van der Waals surface area (Å²) in [5.74, 6) is 2.01. The molecule has 0 radical (unpaired) electrons. The first-order chi connectivity index (χ1) is 11.3. The van der Waals surface area contributed by atoms with Crippen LogP contribution in [0, 0.1) is 0 Å². The number of fused-ring (bicyclic) bond motifs is 2. The molecule has 0 saturated heterocycles. The summed E-state index contributed by atoms with van der Waals surface area (Å²) < 4.78 is 11.1. The molecule has 1 N–H and O–H groups in total. The van der Waals surface area contributed by atoms with Crippen LogP contribution in [0.2, 0.25) is 0 Å². The number of hydrogen-bond donors (Lipinski definition) is 1. The van der Waals surface area contributed by atoms with Crippen LogP contribution in [0.1, 0.15) is 11.4 Å². The van der Waals surface area contributed by atoms with Crippen LogP contribution >= 0.6 is 0 Å². The van der Waals surface area contributed by atoms with Crippen LogP contribution in [0.5, 0.6) is 11.5 Å². The summed E-state index contributed by atoms with van der Waals surface area (Å²) in [6, 6.07) is 13.0. The zero-order valence-electron chi connectivity index (χ0n) is 12.3. The third-order valence-corrected chi connectivity index (χ3v) is 3.63. The van der Waals surface area contributed by atoms with Crippen molar-refractivity contribution in [3.8, 4) is 11.5 Å². The summed E-state index contributed by atoms with van der Waals surface area (Å²) in [4.78, 5) is 19.3. The van der Waals surface area contributed by atoms with Gasteiger partial charge in [-0.05, 0) is 35.9 Å². The molecule has 0 fully saturated rings. The third-order valence-electron chi connectivity index (χ3n) is 3.63. The normalized spacial score (nSPS) is 13.6. The topological polar surface area (TPSA) is 64.2 Å². The van der Waals surface area contributed by atoms with E-state index in [1.807, 2.05) is 42.5 Å². The van der Waals surface area contributed by atoms with Crippen molar-refractivity contribution in [2.75, 3.05) is 13.2 Å². The Labute approximate surface area is 132 Å². The molecular formula is C18H14N2O3. The van der Waals surface area contributed by atoms with Crippen LogP contribution in [-0.2, 0) is 0 Å². The number of hydrogen-bond acceptors (Lipinski definition) is 4. The number of aromatic nitrogens is 2. The van der Waals surface area contributed by atoms with E-state index in [4.69, 9.17) is 9.47 Å². The van der Waals surface area contributed by atoms with Gasteiger partial charge in [-0.2, -0.15) is 0 Å². The minimum absolute atomic E-state index is 0.141. The second kappa shape index (κ2) is 5.61. The van der Waals surface area contributed by atoms with Crippen molar-refractivity contribution >= 4 is 23.1 Å². The second-order valence-corrected chi connectivity index (χ2v) is 5.20. The van der Waals surface area contributed by atoms with Gasteiger partial charge in [0.2, 0.25) is 0 Å². The molecule has 23 heavy (non-hydrogen) atoms. The maximum atomic E-state index is 12.0. The summed E-state index contributed by atoms with van der Waals surface area (Å²) in [5.41, 5.74) is 1.49. The highest BCUT2D eigenvalue weighted by Gasteiger charge is 2.10. The summed E-state index contributed by atoms with van der Waals surface area (Å²) >= 11 is 0. The smallest absolute Gasteiger partial charge is 0.259 e. The molecule has 114 valence electrons. The Morgan fingerprint density at radius 2 is 1.83 bits per heavy atom. The molecule has 1 aliphatic heterocycles. The monoisotopic (exact) mass is 306 g/mol. The number of rotatable bonds is 2. The second-order valence-electron chi connectivity index (χ2n) is 5.20. The van der Waals surface area contributed by atoms with Gasteiger partial charge in [0.15, 0.2) is 11.5 Å². The first-order valence-electron chi connectivity index (χ1n) is 7.36. The lowest BCUT2D eigenvalue weighted by Gasteiger charge is -2.18. The van der Waals surface area contributed by atoms with Crippen molar-refractivity contribution < 1.29 is 9.47 Å². The van der Waals surface area contributed by atoms with Gasteiger partial charge in [0.05, 0.1) is 10.9 Å². The highest BCUT2D eigenvalue weighted by atomic mass is 16.6. The number of nitrogens with zero attached hydrogens (tertiary/aromatic N) is 1. The van der Waals surface area contributed by atoms with Crippen molar-refractivity contribution in [1.29, 1.82) is 0 Å². The fraction of sp³-hybridized carbons (Fsp3) is 0.111. The molecular weight excluding hydrogens is 292 g/mol. The minimum Gasteiger partial charge on any atom is -0.486 e. The Morgan fingerprint density at radius 3 is 2.74 bits per heavy atom. The molecule has 5 heteroatoms. The van der Waals surface area contributed by atoms with Gasteiger partial charge in [-0.25, -0.2) is 4.98 Å². The van der Waals surface area contributed by atoms with Crippen LogP contribution in [0.3, 0.4) is 0 Å². The number of benzene rings is 2. The first kappa shape index (κ1) is 13.6. The fourth-order valence-corrected chi connectivity index (χ4v) is 2.52. The molecule has 0 unspecified atom stereocenters. The van der Waals surface area contributed by atoms with E-state index < -0.39 is 0 Å². The van der Waals surface area contributed by atoms with Crippen LogP contribution in [-0.4, -0.2) is 23.2 Å². The Hall–Kier alpha value is -3.08. The average Bonchev–Trinajstić information content (AvgIpc) is 2.60. The molecule has 1 aromatic heterocycles. The van der Waals surface area contributed by atoms with Crippen molar-refractivity contribution in [3.05, 3.63) is 64.2 Å². The molecule has 2 heterocycles. The Kier molecular flexibility index (Phi) is 3.31. The van der Waals surface area contributed by atoms with Crippen molar-refractivity contribution in [1.82, 2.24) is 9.97 Å². The number of ether oxygens (including phenoxy) is 2. The maximum absolute atomic E-state index is 12.0. The fourth-order valence-electron chi connectivity index (χ4n) is 2.52. The lowest BCUT2D eigenvalue weighted by molar-refractivity contribution is 0.171. The Bertz CT molecular complexity index is 960. The number of aromatic amines is 1. The van der Waals surface area contributed by atoms with E-state index in [1.165, 1.54) is 0 Å². The first-order valence-corrected chi connectivity index (χ1v) is 7.36. The number of para-hydroxylation sites is 1. The maximum Gasteiger partial charge on any atom is 0.259 e. The summed E-state index contributed by atoms with van der Waals surface area (Å²) in [7, 11) is 0. The van der Waals surface area contributed by atoms with E-state index in [1.54, 1.807) is 12.1 Å². The van der Waals surface area contributed by atoms with Crippen molar-refractivity contribution in [3.63, 3.8) is 0 Å². The molecule has 5 nitrogen and oxygen atoms in total. The molecule has 0 bridgehead atoms. The van der Waals surface area contributed by atoms with Crippen LogP contribution in [0.15, 0.2) is 47.3 Å². The van der Waals surface area contributed by atoms with Crippen LogP contribution in [0.25, 0.3) is 23.1 Å². The highest BCUT2D eigenvalue weighted by Crippen LogP contribution is 2.31. The molecule has 1 aliphatic rings. The van der Waals surface area contributed by atoms with Gasteiger partial charge in [-0.15, -0.1) is 0 Å². The van der Waals surface area contributed by atoms with Crippen molar-refractivity contribution in [2.24, 2.45) is 0 Å². The SMILES string of the molecule is O=c1[nH]c(C=Cc2ccc3c(c2)OCCO3)nc2ccccc12. The van der Waals surface area contributed by atoms with E-state index in [0.717, 1.165) is 17.1 Å². The van der Waals surface area contributed by atoms with Gasteiger partial charge < -0.3 is 14.5 Å². The minimum atomic E-state index is -0.141. The number of nitrogens with one attached hydrogen (secondary N) is 1. The van der Waals surface area contributed by atoms with Crippen LogP contribution < -0.4 is 15.0 Å². The molecule has 0 spiro atoms. The van der Waals surface area contributed by atoms with E-state index in [2.05, 4.69) is 9.97 Å². The predicted molar refractivity (Wildman–Crippen MR) is 88.7 cm³/mol. The van der Waals surface area contributed by atoms with E-state index in [0.29, 0.717) is 29.9 Å². The van der Waals surface area contributed by atoms with Crippen LogP contribution in [0.4, 0.5) is 0 Å². The standard InChI is InChI=1S/C18H14N2O3/c21-18-13-3-1-2-4-14(13)19-17(20-18)8-6-12-5-7-15-16(11-12)23-10-9-22-15/h1-8,11H,9-10H2,(H,19,20,21). The lowest BCUT2D eigenvalue weighted by Crippen LogP contribution is -2.15.